The molecular weight excluding hydrogens is 504 g/mol. The number of anilines is 1. The number of likely N-dealkylation sites (tertiary alicyclic amines) is 1. The maximum atomic E-state index is 14.0. The van der Waals surface area contributed by atoms with E-state index in [4.69, 9.17) is 0 Å². The quantitative estimate of drug-likeness (QED) is 0.285. The van der Waals surface area contributed by atoms with Gasteiger partial charge in [0.25, 0.3) is 5.56 Å². The van der Waals surface area contributed by atoms with Gasteiger partial charge in [0.1, 0.15) is 11.4 Å². The van der Waals surface area contributed by atoms with Gasteiger partial charge < -0.3 is 15.3 Å². The molecule has 206 valence electrons. The van der Waals surface area contributed by atoms with E-state index in [0.29, 0.717) is 12.1 Å². The largest absolute Gasteiger partial charge is 0.390 e. The Kier molecular flexibility index (Phi) is 8.68. The average molecular weight is 539 g/mol. The Bertz CT molecular complexity index is 1540. The van der Waals surface area contributed by atoms with E-state index >= 15 is 0 Å². The molecule has 1 aliphatic rings. The van der Waals surface area contributed by atoms with E-state index in [1.807, 2.05) is 60.7 Å². The Morgan fingerprint density at radius 1 is 0.775 bits per heavy atom. The fourth-order valence-corrected chi connectivity index (χ4v) is 5.18. The molecule has 2 heterocycles. The van der Waals surface area contributed by atoms with E-state index in [1.54, 1.807) is 30.3 Å². The van der Waals surface area contributed by atoms with E-state index in [2.05, 4.69) is 10.2 Å². The lowest BCUT2D eigenvalue weighted by Crippen LogP contribution is -2.45. The first-order valence-corrected chi connectivity index (χ1v) is 13.7. The Labute approximate surface area is 233 Å². The van der Waals surface area contributed by atoms with Crippen LogP contribution in [-0.2, 0) is 13.1 Å². The van der Waals surface area contributed by atoms with Crippen LogP contribution < -0.4 is 16.6 Å². The number of nitrogens with zero attached hydrogens (tertiary/aromatic N) is 3. The molecule has 8 nitrogen and oxygen atoms in total. The summed E-state index contributed by atoms with van der Waals surface area (Å²) in [7, 11) is 0. The maximum absolute atomic E-state index is 14.0. The molecule has 1 fully saturated rings. The van der Waals surface area contributed by atoms with Gasteiger partial charge >= 0.3 is 5.69 Å². The highest BCUT2D eigenvalue weighted by atomic mass is 16.3. The van der Waals surface area contributed by atoms with Crippen molar-refractivity contribution in [2.45, 2.75) is 32.0 Å². The molecule has 2 N–H and O–H groups in total. The van der Waals surface area contributed by atoms with E-state index in [0.717, 1.165) is 41.6 Å². The lowest BCUT2D eigenvalue weighted by molar-refractivity contribution is 0.103. The minimum atomic E-state index is -0.746. The summed E-state index contributed by atoms with van der Waals surface area (Å²) in [6.45, 7) is 2.60. The van der Waals surface area contributed by atoms with Crippen molar-refractivity contribution in [3.8, 4) is 0 Å². The van der Waals surface area contributed by atoms with Crippen LogP contribution in [0.15, 0.2) is 101 Å². The molecule has 5 rings (SSSR count). The number of nitrogens with one attached hydrogen (secondary N) is 1. The number of carbonyl (C=O) groups is 1. The third-order valence-electron chi connectivity index (χ3n) is 7.23. The molecule has 1 unspecified atom stereocenters. The smallest absolute Gasteiger partial charge is 0.333 e. The molecular formula is C32H34N4O4. The molecule has 40 heavy (non-hydrogen) atoms. The highest BCUT2D eigenvalue weighted by molar-refractivity contribution is 6.11. The number of aliphatic hydroxyl groups excluding tert-OH is 1. The summed E-state index contributed by atoms with van der Waals surface area (Å²) < 4.78 is 2.57. The number of aromatic nitrogens is 2. The van der Waals surface area contributed by atoms with Crippen molar-refractivity contribution in [1.82, 2.24) is 14.0 Å². The van der Waals surface area contributed by atoms with Gasteiger partial charge in [0, 0.05) is 18.7 Å². The first-order valence-electron chi connectivity index (χ1n) is 13.7. The van der Waals surface area contributed by atoms with Gasteiger partial charge in [-0.1, -0.05) is 91.0 Å². The van der Waals surface area contributed by atoms with E-state index < -0.39 is 23.1 Å². The summed E-state index contributed by atoms with van der Waals surface area (Å²) in [6.07, 6.45) is 1.46. The summed E-state index contributed by atoms with van der Waals surface area (Å²) >= 11 is 0. The topological polar surface area (TPSA) is 96.6 Å². The van der Waals surface area contributed by atoms with Crippen molar-refractivity contribution in [3.63, 3.8) is 0 Å². The van der Waals surface area contributed by atoms with Crippen LogP contribution in [0.5, 0.6) is 0 Å². The molecule has 0 aliphatic carbocycles. The zero-order valence-electron chi connectivity index (χ0n) is 22.4. The van der Waals surface area contributed by atoms with Gasteiger partial charge in [0.15, 0.2) is 0 Å². The molecule has 0 amide bonds. The summed E-state index contributed by atoms with van der Waals surface area (Å²) in [5.41, 5.74) is 0.644. The normalized spacial score (nSPS) is 14.2. The Balaban J connectivity index is 1.63. The zero-order valence-corrected chi connectivity index (χ0v) is 22.4. The highest BCUT2D eigenvalue weighted by Crippen LogP contribution is 2.18. The second-order valence-electron chi connectivity index (χ2n) is 10.2. The monoisotopic (exact) mass is 538 g/mol. The number of hydrogen-bond donors (Lipinski definition) is 2. The van der Waals surface area contributed by atoms with Crippen LogP contribution in [0.3, 0.4) is 0 Å². The molecule has 0 saturated carbocycles. The minimum absolute atomic E-state index is 0.0280. The molecule has 3 aromatic carbocycles. The molecule has 4 aromatic rings. The van der Waals surface area contributed by atoms with Gasteiger partial charge in [-0.3, -0.25) is 18.7 Å². The maximum Gasteiger partial charge on any atom is 0.333 e. The van der Waals surface area contributed by atoms with E-state index in [9.17, 15) is 19.5 Å². The van der Waals surface area contributed by atoms with Crippen molar-refractivity contribution >= 4 is 11.6 Å². The van der Waals surface area contributed by atoms with Gasteiger partial charge in [-0.25, -0.2) is 4.79 Å². The standard InChI is InChI=1S/C32H34N4O4/c37-27(23-34-18-10-11-19-34)20-33-30-28(29(38)26-16-8-3-9-17-26)31(39)36(22-25-14-6-2-7-15-25)32(40)35(30)21-24-12-4-1-5-13-24/h1-9,12-17,27,33,37H,10-11,18-23H2. The number of benzene rings is 3. The number of β-amino-alcohol motifs (C(OH)–C–C–N with tert-alkyl or cyclic N) is 1. The van der Waals surface area contributed by atoms with Crippen molar-refractivity contribution in [2.24, 2.45) is 0 Å². The number of ketones is 1. The highest BCUT2D eigenvalue weighted by Gasteiger charge is 2.26. The second-order valence-corrected chi connectivity index (χ2v) is 10.2. The van der Waals surface area contributed by atoms with E-state index in [1.165, 1.54) is 4.57 Å². The Hall–Kier alpha value is -4.27. The zero-order chi connectivity index (χ0) is 27.9. The second kappa shape index (κ2) is 12.7. The molecule has 8 heteroatoms. The van der Waals surface area contributed by atoms with Crippen LogP contribution in [-0.4, -0.2) is 57.2 Å². The summed E-state index contributed by atoms with van der Waals surface area (Å²) in [5.74, 6) is -0.358. The summed E-state index contributed by atoms with van der Waals surface area (Å²) in [4.78, 5) is 44.0. The molecule has 0 radical (unpaired) electrons. The number of hydrogen-bond acceptors (Lipinski definition) is 6. The SMILES string of the molecule is O=C(c1ccccc1)c1c(NCC(O)CN2CCCC2)n(Cc2ccccc2)c(=O)n(Cc2ccccc2)c1=O. The number of carbonyl (C=O) groups excluding carboxylic acids is 1. The van der Waals surface area contributed by atoms with Gasteiger partial charge in [-0.05, 0) is 37.1 Å². The van der Waals surface area contributed by atoms with Crippen LogP contribution in [0.2, 0.25) is 0 Å². The molecule has 1 atom stereocenters. The predicted octanol–water partition coefficient (Wildman–Crippen LogP) is 3.21. The summed E-state index contributed by atoms with van der Waals surface area (Å²) in [5, 5.41) is 14.0. The lowest BCUT2D eigenvalue weighted by Gasteiger charge is -2.23. The fraction of sp³-hybridized carbons (Fsp3) is 0.281. The summed E-state index contributed by atoms with van der Waals surface area (Å²) in [6, 6.07) is 27.3. The predicted molar refractivity (Wildman–Crippen MR) is 156 cm³/mol. The van der Waals surface area contributed by atoms with Crippen molar-refractivity contribution in [1.29, 1.82) is 0 Å². The third kappa shape index (κ3) is 6.30. The van der Waals surface area contributed by atoms with Crippen LogP contribution >= 0.6 is 0 Å². The first-order chi connectivity index (χ1) is 19.5. The van der Waals surface area contributed by atoms with Crippen LogP contribution in [0.1, 0.15) is 39.9 Å². The van der Waals surface area contributed by atoms with Crippen LogP contribution in [0, 0.1) is 0 Å². The van der Waals surface area contributed by atoms with Gasteiger partial charge in [-0.2, -0.15) is 0 Å². The molecule has 0 spiro atoms. The van der Waals surface area contributed by atoms with Gasteiger partial charge in [0.05, 0.1) is 19.2 Å². The molecule has 0 bridgehead atoms. The van der Waals surface area contributed by atoms with Gasteiger partial charge in [0.2, 0.25) is 5.78 Å². The Morgan fingerprint density at radius 2 is 1.30 bits per heavy atom. The lowest BCUT2D eigenvalue weighted by atomic mass is 10.0. The first kappa shape index (κ1) is 27.3. The van der Waals surface area contributed by atoms with Gasteiger partial charge in [-0.15, -0.1) is 0 Å². The van der Waals surface area contributed by atoms with Crippen LogP contribution in [0.4, 0.5) is 5.82 Å². The van der Waals surface area contributed by atoms with E-state index in [-0.39, 0.29) is 31.0 Å². The number of rotatable bonds is 11. The Morgan fingerprint density at radius 3 is 1.88 bits per heavy atom. The molecule has 1 aromatic heterocycles. The third-order valence-corrected chi connectivity index (χ3v) is 7.23. The van der Waals surface area contributed by atoms with Crippen molar-refractivity contribution in [3.05, 3.63) is 134 Å². The molecule has 1 aliphatic heterocycles. The van der Waals surface area contributed by atoms with Crippen molar-refractivity contribution < 1.29 is 9.90 Å². The van der Waals surface area contributed by atoms with Crippen molar-refractivity contribution in [2.75, 3.05) is 31.5 Å². The minimum Gasteiger partial charge on any atom is -0.390 e. The fourth-order valence-electron chi connectivity index (χ4n) is 5.18. The van der Waals surface area contributed by atoms with Crippen LogP contribution in [0.25, 0.3) is 0 Å². The molecule has 1 saturated heterocycles. The average Bonchev–Trinajstić information content (AvgIpc) is 3.50. The number of aliphatic hydroxyl groups is 1.